The Kier molecular flexibility index (Phi) is 4.83. The first-order valence-corrected chi connectivity index (χ1v) is 9.15. The van der Waals surface area contributed by atoms with Gasteiger partial charge in [-0.05, 0) is 19.1 Å². The van der Waals surface area contributed by atoms with Crippen molar-refractivity contribution in [1.82, 2.24) is 9.97 Å². The van der Waals surface area contributed by atoms with Gasteiger partial charge in [-0.1, -0.05) is 19.1 Å². The van der Waals surface area contributed by atoms with Crippen LogP contribution in [-0.4, -0.2) is 15.9 Å². The van der Waals surface area contributed by atoms with Gasteiger partial charge < -0.3 is 5.32 Å². The summed E-state index contributed by atoms with van der Waals surface area (Å²) in [5.74, 6) is 0.0208. The summed E-state index contributed by atoms with van der Waals surface area (Å²) in [6.45, 7) is 3.84. The third-order valence-electron chi connectivity index (χ3n) is 3.31. The first-order chi connectivity index (χ1) is 11.1. The van der Waals surface area contributed by atoms with Gasteiger partial charge in [0.05, 0.1) is 17.1 Å². The van der Waals surface area contributed by atoms with Gasteiger partial charge in [0, 0.05) is 34.1 Å². The van der Waals surface area contributed by atoms with Crippen LogP contribution >= 0.6 is 22.7 Å². The predicted molar refractivity (Wildman–Crippen MR) is 96.1 cm³/mol. The lowest BCUT2D eigenvalue weighted by Gasteiger charge is -2.04. The van der Waals surface area contributed by atoms with Crippen LogP contribution in [0.4, 0.5) is 5.69 Å². The van der Waals surface area contributed by atoms with E-state index in [1.54, 1.807) is 22.7 Å². The number of nitrogens with zero attached hydrogens (tertiary/aromatic N) is 2. The zero-order chi connectivity index (χ0) is 16.2. The predicted octanol–water partition coefficient (Wildman–Crippen LogP) is 4.51. The highest BCUT2D eigenvalue weighted by Crippen LogP contribution is 2.25. The molecule has 0 bridgehead atoms. The normalized spacial score (nSPS) is 10.7. The summed E-state index contributed by atoms with van der Waals surface area (Å²) in [5.41, 5.74) is 3.89. The monoisotopic (exact) mass is 343 g/mol. The second kappa shape index (κ2) is 7.02. The number of anilines is 1. The maximum atomic E-state index is 11.4. The number of hydrogen-bond donors (Lipinski definition) is 1. The van der Waals surface area contributed by atoms with Crippen LogP contribution in [-0.2, 0) is 11.2 Å². The summed E-state index contributed by atoms with van der Waals surface area (Å²) in [6, 6.07) is 7.79. The van der Waals surface area contributed by atoms with E-state index in [4.69, 9.17) is 0 Å². The molecule has 1 amide bonds. The highest BCUT2D eigenvalue weighted by atomic mass is 32.1. The van der Waals surface area contributed by atoms with Gasteiger partial charge in [0.15, 0.2) is 0 Å². The maximum Gasteiger partial charge on any atom is 0.224 e. The van der Waals surface area contributed by atoms with Crippen molar-refractivity contribution in [2.24, 2.45) is 0 Å². The number of thiazole rings is 2. The Morgan fingerprint density at radius 1 is 1.09 bits per heavy atom. The zero-order valence-corrected chi connectivity index (χ0v) is 14.6. The molecule has 0 atom stereocenters. The molecule has 0 aliphatic carbocycles. The number of carbonyl (C=O) groups is 1. The van der Waals surface area contributed by atoms with Crippen LogP contribution < -0.4 is 5.32 Å². The van der Waals surface area contributed by atoms with Gasteiger partial charge in [0.2, 0.25) is 5.91 Å². The van der Waals surface area contributed by atoms with Crippen molar-refractivity contribution in [1.29, 1.82) is 0 Å². The molecule has 0 fully saturated rings. The average molecular weight is 343 g/mol. The van der Waals surface area contributed by atoms with E-state index in [-0.39, 0.29) is 5.91 Å². The van der Waals surface area contributed by atoms with E-state index >= 15 is 0 Å². The molecule has 1 N–H and O–H groups in total. The largest absolute Gasteiger partial charge is 0.326 e. The van der Waals surface area contributed by atoms with Crippen LogP contribution in [0.15, 0.2) is 35.0 Å². The molecule has 23 heavy (non-hydrogen) atoms. The van der Waals surface area contributed by atoms with Crippen LogP contribution in [0, 0.1) is 6.92 Å². The highest BCUT2D eigenvalue weighted by molar-refractivity contribution is 7.11. The molecule has 2 aromatic heterocycles. The van der Waals surface area contributed by atoms with E-state index in [9.17, 15) is 4.79 Å². The van der Waals surface area contributed by atoms with E-state index in [2.05, 4.69) is 26.0 Å². The Morgan fingerprint density at radius 2 is 1.78 bits per heavy atom. The van der Waals surface area contributed by atoms with Gasteiger partial charge in [0.1, 0.15) is 5.01 Å². The summed E-state index contributed by atoms with van der Waals surface area (Å²) in [5, 5.41) is 9.14. The van der Waals surface area contributed by atoms with Crippen molar-refractivity contribution in [2.75, 3.05) is 5.32 Å². The third kappa shape index (κ3) is 4.03. The molecule has 2 heterocycles. The molecule has 0 unspecified atom stereocenters. The SMILES string of the molecule is CCC(=O)Nc1ccc(-c2csc(Cc3nc(C)cs3)n2)cc1. The number of hydrogen-bond acceptors (Lipinski definition) is 5. The topological polar surface area (TPSA) is 54.9 Å². The molecule has 0 aliphatic rings. The van der Waals surface area contributed by atoms with Crippen LogP contribution in [0.1, 0.15) is 29.1 Å². The van der Waals surface area contributed by atoms with Gasteiger partial charge in [0.25, 0.3) is 0 Å². The Hall–Kier alpha value is -2.05. The van der Waals surface area contributed by atoms with Gasteiger partial charge in [-0.15, -0.1) is 22.7 Å². The van der Waals surface area contributed by atoms with Crippen LogP contribution in [0.5, 0.6) is 0 Å². The van der Waals surface area contributed by atoms with Gasteiger partial charge in [-0.3, -0.25) is 4.79 Å². The molecule has 4 nitrogen and oxygen atoms in total. The van der Waals surface area contributed by atoms with Crippen molar-refractivity contribution >= 4 is 34.3 Å². The zero-order valence-electron chi connectivity index (χ0n) is 13.0. The number of benzene rings is 1. The lowest BCUT2D eigenvalue weighted by Crippen LogP contribution is -2.08. The molecular formula is C17H17N3OS2. The van der Waals surface area contributed by atoms with Gasteiger partial charge in [-0.25, -0.2) is 9.97 Å². The van der Waals surface area contributed by atoms with Crippen LogP contribution in [0.3, 0.4) is 0 Å². The first kappa shape index (κ1) is 15.8. The minimum Gasteiger partial charge on any atom is -0.326 e. The fraction of sp³-hybridized carbons (Fsp3) is 0.235. The number of rotatable bonds is 5. The average Bonchev–Trinajstić information content (AvgIpc) is 3.17. The number of aryl methyl sites for hydroxylation is 1. The number of carbonyl (C=O) groups excluding carboxylic acids is 1. The molecule has 3 aromatic rings. The van der Waals surface area contributed by atoms with Gasteiger partial charge in [-0.2, -0.15) is 0 Å². The van der Waals surface area contributed by atoms with E-state index in [1.165, 1.54) is 0 Å². The highest BCUT2D eigenvalue weighted by Gasteiger charge is 2.08. The van der Waals surface area contributed by atoms with E-state index < -0.39 is 0 Å². The van der Waals surface area contributed by atoms with E-state index in [1.807, 2.05) is 38.1 Å². The first-order valence-electron chi connectivity index (χ1n) is 7.39. The molecule has 0 spiro atoms. The Labute approximate surface area is 143 Å². The molecule has 1 aromatic carbocycles. The number of nitrogens with one attached hydrogen (secondary N) is 1. The Balaban J connectivity index is 1.71. The van der Waals surface area contributed by atoms with Crippen molar-refractivity contribution < 1.29 is 4.79 Å². The Bertz CT molecular complexity index is 805. The summed E-state index contributed by atoms with van der Waals surface area (Å²) in [7, 11) is 0. The summed E-state index contributed by atoms with van der Waals surface area (Å²) in [4.78, 5) is 20.6. The van der Waals surface area contributed by atoms with Gasteiger partial charge >= 0.3 is 0 Å². The molecule has 0 radical (unpaired) electrons. The molecular weight excluding hydrogens is 326 g/mol. The van der Waals surface area contributed by atoms with Crippen LogP contribution in [0.2, 0.25) is 0 Å². The number of amides is 1. The second-order valence-corrected chi connectivity index (χ2v) is 7.05. The van der Waals surface area contributed by atoms with Crippen molar-refractivity contribution in [3.63, 3.8) is 0 Å². The molecule has 3 rings (SSSR count). The maximum absolute atomic E-state index is 11.4. The lowest BCUT2D eigenvalue weighted by molar-refractivity contribution is -0.115. The molecule has 0 aliphatic heterocycles. The van der Waals surface area contributed by atoms with Crippen molar-refractivity contribution in [3.8, 4) is 11.3 Å². The van der Waals surface area contributed by atoms with Crippen molar-refractivity contribution in [3.05, 3.63) is 50.7 Å². The Morgan fingerprint density at radius 3 is 2.43 bits per heavy atom. The van der Waals surface area contributed by atoms with Crippen molar-refractivity contribution in [2.45, 2.75) is 26.7 Å². The minimum absolute atomic E-state index is 0.0208. The molecule has 0 saturated carbocycles. The van der Waals surface area contributed by atoms with E-state index in [0.29, 0.717) is 6.42 Å². The molecule has 6 heteroatoms. The lowest BCUT2D eigenvalue weighted by atomic mass is 10.1. The molecule has 118 valence electrons. The molecule has 0 saturated heterocycles. The smallest absolute Gasteiger partial charge is 0.224 e. The fourth-order valence-corrected chi connectivity index (χ4v) is 3.79. The van der Waals surface area contributed by atoms with E-state index in [0.717, 1.165) is 39.1 Å². The number of aromatic nitrogens is 2. The second-order valence-electron chi connectivity index (χ2n) is 5.16. The summed E-state index contributed by atoms with van der Waals surface area (Å²) in [6.07, 6.45) is 1.27. The minimum atomic E-state index is 0.0208. The fourth-order valence-electron chi connectivity index (χ4n) is 2.11. The summed E-state index contributed by atoms with van der Waals surface area (Å²) < 4.78 is 0. The quantitative estimate of drug-likeness (QED) is 0.741. The third-order valence-corrected chi connectivity index (χ3v) is 5.12. The standard InChI is InChI=1S/C17H17N3OS2/c1-3-15(21)19-13-6-4-12(5-7-13)14-10-23-17(20-14)8-16-18-11(2)9-22-16/h4-7,9-10H,3,8H2,1-2H3,(H,19,21). The summed E-state index contributed by atoms with van der Waals surface area (Å²) >= 11 is 3.33. The van der Waals surface area contributed by atoms with Crippen LogP contribution in [0.25, 0.3) is 11.3 Å².